The summed E-state index contributed by atoms with van der Waals surface area (Å²) in [6.45, 7) is 0.130. The summed E-state index contributed by atoms with van der Waals surface area (Å²) in [5.41, 5.74) is -1.07. The first-order valence-electron chi connectivity index (χ1n) is 10.4. The zero-order valence-corrected chi connectivity index (χ0v) is 21.2. The summed E-state index contributed by atoms with van der Waals surface area (Å²) in [6, 6.07) is 7.61. The predicted octanol–water partition coefficient (Wildman–Crippen LogP) is 6.77. The molecule has 0 saturated heterocycles. The fourth-order valence-corrected chi connectivity index (χ4v) is 5.44. The second-order valence-electron chi connectivity index (χ2n) is 7.34. The Morgan fingerprint density at radius 2 is 1.68 bits per heavy atom. The van der Waals surface area contributed by atoms with Gasteiger partial charge in [0.15, 0.2) is 0 Å². The molecule has 0 spiro atoms. The number of thiophene rings is 1. The standard InChI is InChI=1S/C23H16BrF5N2O5S/c1-2-36-21(32)18-14(10-24)19(12-6-8-13(9-7-12)31(34)35)37-20(18)30(22(33)23(27,28)29)11-15-16(25)4-3-5-17(15)26/h3-9H,2,10-11H2,1H3. The number of nitro groups is 1. The van der Waals surface area contributed by atoms with Crippen LogP contribution in [0.5, 0.6) is 0 Å². The lowest BCUT2D eigenvalue weighted by atomic mass is 10.1. The second kappa shape index (κ2) is 11.3. The molecule has 196 valence electrons. The van der Waals surface area contributed by atoms with Crippen LogP contribution in [0.3, 0.4) is 0 Å². The lowest BCUT2D eigenvalue weighted by Gasteiger charge is -2.24. The molecule has 2 aromatic carbocycles. The maximum Gasteiger partial charge on any atom is 0.471 e. The molecule has 0 radical (unpaired) electrons. The molecule has 1 aromatic heterocycles. The largest absolute Gasteiger partial charge is 0.471 e. The third-order valence-electron chi connectivity index (χ3n) is 5.05. The molecule has 3 rings (SSSR count). The smallest absolute Gasteiger partial charge is 0.462 e. The van der Waals surface area contributed by atoms with E-state index < -0.39 is 57.3 Å². The molecule has 0 atom stereocenters. The molecule has 0 aliphatic carbocycles. The van der Waals surface area contributed by atoms with Gasteiger partial charge in [0.2, 0.25) is 0 Å². The number of halogens is 6. The Bertz CT molecular complexity index is 1320. The zero-order valence-electron chi connectivity index (χ0n) is 18.8. The molecular weight excluding hydrogens is 591 g/mol. The van der Waals surface area contributed by atoms with E-state index in [1.54, 1.807) is 0 Å². The summed E-state index contributed by atoms with van der Waals surface area (Å²) in [5, 5.41) is 10.4. The van der Waals surface area contributed by atoms with Crippen molar-refractivity contribution in [3.8, 4) is 10.4 Å². The minimum absolute atomic E-state index is 0.0828. The van der Waals surface area contributed by atoms with Crippen LogP contribution in [0.4, 0.5) is 32.6 Å². The third kappa shape index (κ3) is 5.96. The van der Waals surface area contributed by atoms with Crippen LogP contribution in [-0.4, -0.2) is 29.6 Å². The number of nitrogens with zero attached hydrogens (tertiary/aromatic N) is 2. The second-order valence-corrected chi connectivity index (χ2v) is 8.90. The number of benzene rings is 2. The number of esters is 1. The molecule has 1 amide bonds. The van der Waals surface area contributed by atoms with E-state index in [1.807, 2.05) is 0 Å². The van der Waals surface area contributed by atoms with Crippen LogP contribution in [0, 0.1) is 21.7 Å². The van der Waals surface area contributed by atoms with E-state index in [0.717, 1.165) is 30.3 Å². The molecule has 1 heterocycles. The van der Waals surface area contributed by atoms with Gasteiger partial charge in [0.25, 0.3) is 5.69 Å². The van der Waals surface area contributed by atoms with Crippen LogP contribution < -0.4 is 4.90 Å². The van der Waals surface area contributed by atoms with Crippen molar-refractivity contribution in [2.24, 2.45) is 0 Å². The number of carbonyl (C=O) groups is 2. The van der Waals surface area contributed by atoms with Gasteiger partial charge in [0, 0.05) is 27.9 Å². The van der Waals surface area contributed by atoms with Crippen LogP contribution in [0.25, 0.3) is 10.4 Å². The monoisotopic (exact) mass is 606 g/mol. The highest BCUT2D eigenvalue weighted by molar-refractivity contribution is 9.08. The number of hydrogen-bond acceptors (Lipinski definition) is 6. The maximum absolute atomic E-state index is 14.4. The Hall–Kier alpha value is -3.39. The van der Waals surface area contributed by atoms with Crippen molar-refractivity contribution in [3.05, 3.63) is 80.9 Å². The van der Waals surface area contributed by atoms with Gasteiger partial charge >= 0.3 is 18.1 Å². The predicted molar refractivity (Wildman–Crippen MR) is 129 cm³/mol. The van der Waals surface area contributed by atoms with Crippen molar-refractivity contribution < 1.29 is 41.2 Å². The highest BCUT2D eigenvalue weighted by Crippen LogP contribution is 2.45. The Morgan fingerprint density at radius 3 is 2.16 bits per heavy atom. The summed E-state index contributed by atoms with van der Waals surface area (Å²) >= 11 is 3.76. The van der Waals surface area contributed by atoms with E-state index >= 15 is 0 Å². The van der Waals surface area contributed by atoms with Gasteiger partial charge in [0.05, 0.1) is 23.6 Å². The normalized spacial score (nSPS) is 11.3. The molecule has 3 aromatic rings. The van der Waals surface area contributed by atoms with E-state index in [4.69, 9.17) is 4.74 Å². The third-order valence-corrected chi connectivity index (χ3v) is 6.92. The van der Waals surface area contributed by atoms with E-state index in [0.29, 0.717) is 16.9 Å². The van der Waals surface area contributed by atoms with Gasteiger partial charge in [-0.25, -0.2) is 13.6 Å². The van der Waals surface area contributed by atoms with Crippen molar-refractivity contribution in [3.63, 3.8) is 0 Å². The van der Waals surface area contributed by atoms with Crippen LogP contribution in [0.1, 0.15) is 28.4 Å². The van der Waals surface area contributed by atoms with Crippen LogP contribution >= 0.6 is 27.3 Å². The van der Waals surface area contributed by atoms with Gasteiger partial charge in [0.1, 0.15) is 16.6 Å². The number of anilines is 1. The molecule has 0 bridgehead atoms. The first-order chi connectivity index (χ1) is 17.4. The number of amides is 1. The van der Waals surface area contributed by atoms with Crippen LogP contribution in [0.15, 0.2) is 42.5 Å². The Balaban J connectivity index is 2.30. The minimum atomic E-state index is -5.46. The topological polar surface area (TPSA) is 89.8 Å². The molecule has 0 saturated carbocycles. The molecule has 37 heavy (non-hydrogen) atoms. The Kier molecular flexibility index (Phi) is 8.64. The minimum Gasteiger partial charge on any atom is -0.462 e. The van der Waals surface area contributed by atoms with Gasteiger partial charge < -0.3 is 4.74 Å². The van der Waals surface area contributed by atoms with Gasteiger partial charge in [-0.1, -0.05) is 22.0 Å². The Morgan fingerprint density at radius 1 is 1.08 bits per heavy atom. The number of non-ortho nitro benzene ring substituents is 1. The maximum atomic E-state index is 14.4. The van der Waals surface area contributed by atoms with E-state index in [9.17, 15) is 41.7 Å². The summed E-state index contributed by atoms with van der Waals surface area (Å²) in [4.78, 5) is 36.1. The number of rotatable bonds is 8. The summed E-state index contributed by atoms with van der Waals surface area (Å²) in [6.07, 6.45) is -5.46. The lowest BCUT2D eigenvalue weighted by Crippen LogP contribution is -2.41. The molecule has 0 unspecified atom stereocenters. The number of nitro benzene ring substituents is 1. The average Bonchev–Trinajstić information content (AvgIpc) is 3.22. The quantitative estimate of drug-likeness (QED) is 0.0928. The molecule has 0 aliphatic rings. The van der Waals surface area contributed by atoms with E-state index in [-0.39, 0.29) is 33.0 Å². The Labute approximate surface area is 218 Å². The summed E-state index contributed by atoms with van der Waals surface area (Å²) in [7, 11) is 0. The van der Waals surface area contributed by atoms with Crippen molar-refractivity contribution in [2.45, 2.75) is 25.0 Å². The van der Waals surface area contributed by atoms with Gasteiger partial charge in [-0.05, 0) is 42.3 Å². The van der Waals surface area contributed by atoms with Crippen molar-refractivity contribution in [1.82, 2.24) is 0 Å². The summed E-state index contributed by atoms with van der Waals surface area (Å²) < 4.78 is 74.7. The van der Waals surface area contributed by atoms with E-state index in [2.05, 4.69) is 15.9 Å². The SMILES string of the molecule is CCOC(=O)c1c(N(Cc2c(F)cccc2F)C(=O)C(F)(F)F)sc(-c2ccc([N+](=O)[O-])cc2)c1CBr. The van der Waals surface area contributed by atoms with Crippen LogP contribution in [0.2, 0.25) is 0 Å². The fourth-order valence-electron chi connectivity index (χ4n) is 3.38. The first-order valence-corrected chi connectivity index (χ1v) is 12.3. The molecule has 0 fully saturated rings. The molecule has 7 nitrogen and oxygen atoms in total. The molecule has 0 N–H and O–H groups in total. The van der Waals surface area contributed by atoms with Gasteiger partial charge in [-0.15, -0.1) is 11.3 Å². The zero-order chi connectivity index (χ0) is 27.5. The average molecular weight is 607 g/mol. The highest BCUT2D eigenvalue weighted by Gasteiger charge is 2.45. The van der Waals surface area contributed by atoms with Gasteiger partial charge in [-0.2, -0.15) is 13.2 Å². The van der Waals surface area contributed by atoms with Crippen LogP contribution in [-0.2, 0) is 21.4 Å². The number of hydrogen-bond donors (Lipinski definition) is 0. The number of ether oxygens (including phenoxy) is 1. The van der Waals surface area contributed by atoms with E-state index in [1.165, 1.54) is 19.1 Å². The lowest BCUT2D eigenvalue weighted by molar-refractivity contribution is -0.384. The first kappa shape index (κ1) is 28.2. The highest BCUT2D eigenvalue weighted by atomic mass is 79.9. The molecule has 0 aliphatic heterocycles. The number of alkyl halides is 4. The number of carbonyl (C=O) groups excluding carboxylic acids is 2. The van der Waals surface area contributed by atoms with Crippen molar-refractivity contribution in [1.29, 1.82) is 0 Å². The molecular formula is C23H16BrF5N2O5S. The molecule has 14 heteroatoms. The van der Waals surface area contributed by atoms with Crippen molar-refractivity contribution >= 4 is 49.8 Å². The fraction of sp³-hybridized carbons (Fsp3) is 0.217. The van der Waals surface area contributed by atoms with Crippen molar-refractivity contribution in [2.75, 3.05) is 11.5 Å². The van der Waals surface area contributed by atoms with Gasteiger partial charge in [-0.3, -0.25) is 19.8 Å². The summed E-state index contributed by atoms with van der Waals surface area (Å²) in [5.74, 6) is -5.90.